The third-order valence-corrected chi connectivity index (χ3v) is 5.71. The lowest BCUT2D eigenvalue weighted by molar-refractivity contribution is -0.386. The Balaban J connectivity index is 1.66. The maximum absolute atomic E-state index is 11.7. The Labute approximate surface area is 180 Å². The highest BCUT2D eigenvalue weighted by atomic mass is 16.6. The van der Waals surface area contributed by atoms with Gasteiger partial charge < -0.3 is 14.4 Å². The fraction of sp³-hybridized carbons (Fsp3) is 0.391. The van der Waals surface area contributed by atoms with E-state index in [1.54, 1.807) is 12.3 Å². The van der Waals surface area contributed by atoms with E-state index in [9.17, 15) is 14.9 Å². The van der Waals surface area contributed by atoms with Crippen molar-refractivity contribution in [3.8, 4) is 5.75 Å². The van der Waals surface area contributed by atoms with Crippen molar-refractivity contribution >= 4 is 17.2 Å². The molecule has 4 rings (SSSR count). The van der Waals surface area contributed by atoms with Gasteiger partial charge in [-0.3, -0.25) is 19.9 Å². The van der Waals surface area contributed by atoms with Crippen LogP contribution in [0.25, 0.3) is 5.57 Å². The highest BCUT2D eigenvalue weighted by Crippen LogP contribution is 2.43. The molecule has 0 atom stereocenters. The summed E-state index contributed by atoms with van der Waals surface area (Å²) in [7, 11) is 0. The molecule has 0 amide bonds. The summed E-state index contributed by atoms with van der Waals surface area (Å²) in [5, 5.41) is 11.6. The van der Waals surface area contributed by atoms with Gasteiger partial charge in [-0.2, -0.15) is 0 Å². The van der Waals surface area contributed by atoms with Crippen molar-refractivity contribution in [1.82, 2.24) is 9.88 Å². The van der Waals surface area contributed by atoms with Crippen LogP contribution in [-0.4, -0.2) is 47.0 Å². The number of piperidine rings is 1. The maximum Gasteiger partial charge on any atom is 0.311 e. The van der Waals surface area contributed by atoms with Gasteiger partial charge in [-0.15, -0.1) is 0 Å². The average molecular weight is 423 g/mol. The first kappa shape index (κ1) is 21.0. The molecular weight excluding hydrogens is 398 g/mol. The molecule has 8 nitrogen and oxygen atoms in total. The summed E-state index contributed by atoms with van der Waals surface area (Å²) in [4.78, 5) is 29.7. The first-order chi connectivity index (χ1) is 15.1. The zero-order valence-electron chi connectivity index (χ0n) is 17.5. The Bertz CT molecular complexity index is 1020. The molecule has 3 heterocycles. The standard InChI is InChI=1S/C23H25N3O5/c1-2-30-20(27)10-14-25-12-8-16(9-13-25)21-18-6-3-7-19(26(28)29)23(18)31-15-17-5-4-11-24-22(17)21/h3-7,11H,2,8-10,12-15H2,1H3. The zero-order valence-corrected chi connectivity index (χ0v) is 17.5. The van der Waals surface area contributed by atoms with Crippen LogP contribution in [0.4, 0.5) is 5.69 Å². The van der Waals surface area contributed by atoms with E-state index in [0.29, 0.717) is 25.3 Å². The predicted molar refractivity (Wildman–Crippen MR) is 115 cm³/mol. The number of hydrogen-bond donors (Lipinski definition) is 0. The molecule has 0 saturated carbocycles. The van der Waals surface area contributed by atoms with Crippen molar-refractivity contribution in [3.63, 3.8) is 0 Å². The number of nitro benzene ring substituents is 1. The highest BCUT2D eigenvalue weighted by molar-refractivity contribution is 5.87. The van der Waals surface area contributed by atoms with E-state index in [2.05, 4.69) is 9.88 Å². The van der Waals surface area contributed by atoms with Crippen LogP contribution in [0.15, 0.2) is 42.1 Å². The largest absolute Gasteiger partial charge is 0.481 e. The summed E-state index contributed by atoms with van der Waals surface area (Å²) in [6.07, 6.45) is 3.73. The van der Waals surface area contributed by atoms with E-state index in [0.717, 1.165) is 48.3 Å². The number of fused-ring (bicyclic) bond motifs is 2. The zero-order chi connectivity index (χ0) is 21.8. The average Bonchev–Trinajstić information content (AvgIpc) is 2.95. The lowest BCUT2D eigenvalue weighted by Crippen LogP contribution is -2.33. The van der Waals surface area contributed by atoms with Gasteiger partial charge in [-0.1, -0.05) is 23.8 Å². The maximum atomic E-state index is 11.7. The first-order valence-corrected chi connectivity index (χ1v) is 10.5. The number of benzene rings is 1. The Morgan fingerprint density at radius 1 is 1.26 bits per heavy atom. The summed E-state index contributed by atoms with van der Waals surface area (Å²) in [5.74, 6) is 0.129. The van der Waals surface area contributed by atoms with Crippen LogP contribution in [-0.2, 0) is 16.1 Å². The molecule has 0 unspecified atom stereocenters. The highest BCUT2D eigenvalue weighted by Gasteiger charge is 2.30. The Morgan fingerprint density at radius 2 is 2.06 bits per heavy atom. The summed E-state index contributed by atoms with van der Waals surface area (Å²) in [6, 6.07) is 8.86. The number of hydrogen-bond acceptors (Lipinski definition) is 7. The molecule has 0 N–H and O–H groups in total. The van der Waals surface area contributed by atoms with Gasteiger partial charge in [0.2, 0.25) is 5.75 Å². The number of likely N-dealkylation sites (tertiary alicyclic amines) is 1. The number of pyridine rings is 1. The molecule has 1 saturated heterocycles. The van der Waals surface area contributed by atoms with Crippen LogP contribution in [0.1, 0.15) is 43.0 Å². The number of nitro groups is 1. The van der Waals surface area contributed by atoms with Crippen LogP contribution in [0.3, 0.4) is 0 Å². The molecule has 31 heavy (non-hydrogen) atoms. The number of para-hydroxylation sites is 1. The van der Waals surface area contributed by atoms with Crippen LogP contribution in [0.5, 0.6) is 5.75 Å². The van der Waals surface area contributed by atoms with Gasteiger partial charge in [0.1, 0.15) is 6.61 Å². The molecule has 2 aromatic rings. The molecule has 162 valence electrons. The fourth-order valence-electron chi connectivity index (χ4n) is 4.21. The fourth-order valence-corrected chi connectivity index (χ4v) is 4.21. The quantitative estimate of drug-likeness (QED) is 0.411. The predicted octanol–water partition coefficient (Wildman–Crippen LogP) is 3.73. The normalized spacial score (nSPS) is 16.0. The molecule has 0 radical (unpaired) electrons. The summed E-state index contributed by atoms with van der Waals surface area (Å²) >= 11 is 0. The van der Waals surface area contributed by atoms with Crippen LogP contribution in [0, 0.1) is 10.1 Å². The van der Waals surface area contributed by atoms with Gasteiger partial charge in [-0.25, -0.2) is 0 Å². The van der Waals surface area contributed by atoms with Gasteiger partial charge in [-0.05, 0) is 25.8 Å². The number of carbonyl (C=O) groups excluding carboxylic acids is 1. The molecule has 1 fully saturated rings. The van der Waals surface area contributed by atoms with E-state index in [1.807, 2.05) is 25.1 Å². The first-order valence-electron chi connectivity index (χ1n) is 10.5. The van der Waals surface area contributed by atoms with Crippen LogP contribution < -0.4 is 4.74 Å². The lowest BCUT2D eigenvalue weighted by Gasteiger charge is -2.29. The topological polar surface area (TPSA) is 94.8 Å². The Morgan fingerprint density at radius 3 is 2.81 bits per heavy atom. The molecular formula is C23H25N3O5. The van der Waals surface area contributed by atoms with Crippen molar-refractivity contribution in [1.29, 1.82) is 0 Å². The minimum Gasteiger partial charge on any atom is -0.481 e. The lowest BCUT2D eigenvalue weighted by atomic mass is 9.89. The van der Waals surface area contributed by atoms with Crippen LogP contribution >= 0.6 is 0 Å². The number of nitrogens with zero attached hydrogens (tertiary/aromatic N) is 3. The Kier molecular flexibility index (Phi) is 6.27. The van der Waals surface area contributed by atoms with Crippen LogP contribution in [0.2, 0.25) is 0 Å². The minimum atomic E-state index is -0.400. The second-order valence-corrected chi connectivity index (χ2v) is 7.59. The molecule has 1 aromatic carbocycles. The minimum absolute atomic E-state index is 0.0321. The van der Waals surface area contributed by atoms with Gasteiger partial charge in [0.25, 0.3) is 0 Å². The van der Waals surface area contributed by atoms with Crippen molar-refractivity contribution in [3.05, 3.63) is 69.0 Å². The number of carbonyl (C=O) groups is 1. The van der Waals surface area contributed by atoms with Crippen molar-refractivity contribution in [2.75, 3.05) is 26.2 Å². The second-order valence-electron chi connectivity index (χ2n) is 7.59. The van der Waals surface area contributed by atoms with E-state index in [-0.39, 0.29) is 18.3 Å². The molecule has 0 bridgehead atoms. The monoisotopic (exact) mass is 423 g/mol. The third-order valence-electron chi connectivity index (χ3n) is 5.71. The second kappa shape index (κ2) is 9.26. The van der Waals surface area contributed by atoms with E-state index in [1.165, 1.54) is 11.6 Å². The number of ether oxygens (including phenoxy) is 2. The summed E-state index contributed by atoms with van der Waals surface area (Å²) in [6.45, 7) is 4.73. The number of aromatic nitrogens is 1. The van der Waals surface area contributed by atoms with Crippen molar-refractivity contribution < 1.29 is 19.2 Å². The molecule has 8 heteroatoms. The van der Waals surface area contributed by atoms with E-state index in [4.69, 9.17) is 9.47 Å². The summed E-state index contributed by atoms with van der Waals surface area (Å²) < 4.78 is 10.9. The van der Waals surface area contributed by atoms with Gasteiger partial charge in [0, 0.05) is 48.6 Å². The van der Waals surface area contributed by atoms with Gasteiger partial charge in [0.15, 0.2) is 0 Å². The molecule has 2 aliphatic heterocycles. The number of esters is 1. The molecule has 0 spiro atoms. The van der Waals surface area contributed by atoms with Crippen molar-refractivity contribution in [2.45, 2.75) is 32.8 Å². The SMILES string of the molecule is CCOC(=O)CCN1CCC(=C2c3cccc([N+](=O)[O-])c3OCc3cccnc32)CC1. The smallest absolute Gasteiger partial charge is 0.311 e. The van der Waals surface area contributed by atoms with Gasteiger partial charge >= 0.3 is 11.7 Å². The number of rotatable bonds is 5. The van der Waals surface area contributed by atoms with Gasteiger partial charge in [0.05, 0.1) is 23.6 Å². The molecule has 2 aliphatic rings. The van der Waals surface area contributed by atoms with E-state index >= 15 is 0 Å². The Hall–Kier alpha value is -3.26. The van der Waals surface area contributed by atoms with Crippen molar-refractivity contribution in [2.24, 2.45) is 0 Å². The van der Waals surface area contributed by atoms with E-state index < -0.39 is 4.92 Å². The summed E-state index contributed by atoms with van der Waals surface area (Å²) in [5.41, 5.74) is 4.59. The molecule has 0 aliphatic carbocycles. The third kappa shape index (κ3) is 4.44. The molecule has 1 aromatic heterocycles.